The first-order valence-electron chi connectivity index (χ1n) is 7.44. The summed E-state index contributed by atoms with van der Waals surface area (Å²) in [6.45, 7) is 2.66. The van der Waals surface area contributed by atoms with Crippen molar-refractivity contribution in [2.45, 2.75) is 57.1 Å². The minimum atomic E-state index is -0.0183. The molecule has 1 spiro atoms. The van der Waals surface area contributed by atoms with Gasteiger partial charge in [-0.15, -0.1) is 0 Å². The average Bonchev–Trinajstić information content (AvgIpc) is 2.39. The second kappa shape index (κ2) is 5.04. The molecule has 2 N–H and O–H groups in total. The normalized spacial score (nSPS) is 24.6. The summed E-state index contributed by atoms with van der Waals surface area (Å²) in [5.41, 5.74) is 7.46. The third-order valence-corrected chi connectivity index (χ3v) is 4.38. The van der Waals surface area contributed by atoms with E-state index in [0.717, 1.165) is 36.3 Å². The minimum Gasteiger partial charge on any atom is -0.493 e. The lowest BCUT2D eigenvalue weighted by atomic mass is 9.77. The van der Waals surface area contributed by atoms with Crippen LogP contribution in [0.25, 0.3) is 0 Å². The van der Waals surface area contributed by atoms with E-state index >= 15 is 0 Å². The molecular formula is C16H23NO2. The molecule has 1 heterocycles. The van der Waals surface area contributed by atoms with Crippen molar-refractivity contribution >= 4 is 0 Å². The SMILES string of the molecule is CCOc1cccc2c1C(N)CC1(CCCCC1)O2. The van der Waals surface area contributed by atoms with Crippen LogP contribution in [0.4, 0.5) is 0 Å². The molecule has 0 bridgehead atoms. The summed E-state index contributed by atoms with van der Waals surface area (Å²) in [4.78, 5) is 0. The minimum absolute atomic E-state index is 0.0183. The third-order valence-electron chi connectivity index (χ3n) is 4.38. The molecule has 1 aromatic rings. The molecule has 1 fully saturated rings. The van der Waals surface area contributed by atoms with Crippen LogP contribution in [0.5, 0.6) is 11.5 Å². The summed E-state index contributed by atoms with van der Waals surface area (Å²) in [6, 6.07) is 6.06. The van der Waals surface area contributed by atoms with Gasteiger partial charge in [0.2, 0.25) is 0 Å². The molecule has 1 aromatic carbocycles. The number of ether oxygens (including phenoxy) is 2. The molecule has 1 aliphatic heterocycles. The lowest BCUT2D eigenvalue weighted by Crippen LogP contribution is -2.44. The molecule has 0 amide bonds. The summed E-state index contributed by atoms with van der Waals surface area (Å²) in [7, 11) is 0. The van der Waals surface area contributed by atoms with Crippen LogP contribution in [0.1, 0.15) is 57.1 Å². The van der Waals surface area contributed by atoms with Crippen molar-refractivity contribution in [3.63, 3.8) is 0 Å². The number of benzene rings is 1. The van der Waals surface area contributed by atoms with Crippen molar-refractivity contribution in [2.24, 2.45) is 5.73 Å². The van der Waals surface area contributed by atoms with Gasteiger partial charge in [-0.3, -0.25) is 0 Å². The highest BCUT2D eigenvalue weighted by molar-refractivity contribution is 5.48. The first-order chi connectivity index (χ1) is 9.24. The lowest BCUT2D eigenvalue weighted by molar-refractivity contribution is 0.00117. The van der Waals surface area contributed by atoms with Crippen molar-refractivity contribution in [1.82, 2.24) is 0 Å². The Morgan fingerprint density at radius 3 is 2.84 bits per heavy atom. The van der Waals surface area contributed by atoms with Gasteiger partial charge in [-0.2, -0.15) is 0 Å². The fourth-order valence-corrected chi connectivity index (χ4v) is 3.54. The zero-order valence-corrected chi connectivity index (χ0v) is 11.7. The highest BCUT2D eigenvalue weighted by Crippen LogP contribution is 2.48. The van der Waals surface area contributed by atoms with Crippen LogP contribution < -0.4 is 15.2 Å². The largest absolute Gasteiger partial charge is 0.493 e. The maximum atomic E-state index is 6.42. The van der Waals surface area contributed by atoms with E-state index in [1.165, 1.54) is 19.3 Å². The van der Waals surface area contributed by atoms with Gasteiger partial charge in [-0.05, 0) is 44.7 Å². The molecule has 0 radical (unpaired) electrons. The molecule has 1 aliphatic carbocycles. The summed E-state index contributed by atoms with van der Waals surface area (Å²) in [5.74, 6) is 1.82. The van der Waals surface area contributed by atoms with Gasteiger partial charge in [0.25, 0.3) is 0 Å². The fraction of sp³-hybridized carbons (Fsp3) is 0.625. The molecule has 0 aromatic heterocycles. The Kier molecular flexibility index (Phi) is 3.40. The molecule has 0 saturated heterocycles. The van der Waals surface area contributed by atoms with Crippen molar-refractivity contribution < 1.29 is 9.47 Å². The Morgan fingerprint density at radius 2 is 2.11 bits per heavy atom. The standard InChI is InChI=1S/C16H23NO2/c1-2-18-13-7-6-8-14-15(13)12(17)11-16(19-14)9-4-3-5-10-16/h6-8,12H,2-5,9-11,17H2,1H3. The van der Waals surface area contributed by atoms with Crippen LogP contribution in [0.2, 0.25) is 0 Å². The molecule has 19 heavy (non-hydrogen) atoms. The van der Waals surface area contributed by atoms with E-state index in [-0.39, 0.29) is 11.6 Å². The summed E-state index contributed by atoms with van der Waals surface area (Å²) in [6.07, 6.45) is 7.04. The summed E-state index contributed by atoms with van der Waals surface area (Å²) < 4.78 is 12.0. The molecule has 1 saturated carbocycles. The van der Waals surface area contributed by atoms with Gasteiger partial charge in [0.15, 0.2) is 0 Å². The van der Waals surface area contributed by atoms with Gasteiger partial charge in [-0.25, -0.2) is 0 Å². The van der Waals surface area contributed by atoms with E-state index in [1.807, 2.05) is 25.1 Å². The van der Waals surface area contributed by atoms with E-state index in [2.05, 4.69) is 0 Å². The molecule has 3 nitrogen and oxygen atoms in total. The predicted molar refractivity (Wildman–Crippen MR) is 75.6 cm³/mol. The molecular weight excluding hydrogens is 238 g/mol. The smallest absolute Gasteiger partial charge is 0.128 e. The number of nitrogens with two attached hydrogens (primary N) is 1. The number of fused-ring (bicyclic) bond motifs is 1. The topological polar surface area (TPSA) is 44.5 Å². The predicted octanol–water partition coefficient (Wildman–Crippen LogP) is 3.57. The molecule has 3 heteroatoms. The summed E-state index contributed by atoms with van der Waals surface area (Å²) >= 11 is 0. The zero-order valence-electron chi connectivity index (χ0n) is 11.7. The monoisotopic (exact) mass is 261 g/mol. The first-order valence-corrected chi connectivity index (χ1v) is 7.44. The third kappa shape index (κ3) is 2.32. The zero-order chi connectivity index (χ0) is 13.3. The van der Waals surface area contributed by atoms with Crippen LogP contribution in [0, 0.1) is 0 Å². The average molecular weight is 261 g/mol. The Bertz CT molecular complexity index is 452. The van der Waals surface area contributed by atoms with Gasteiger partial charge in [0.1, 0.15) is 17.1 Å². The van der Waals surface area contributed by atoms with Gasteiger partial charge in [0.05, 0.1) is 12.2 Å². The van der Waals surface area contributed by atoms with Gasteiger partial charge in [-0.1, -0.05) is 12.5 Å². The Balaban J connectivity index is 1.94. The van der Waals surface area contributed by atoms with E-state index in [9.17, 15) is 0 Å². The van der Waals surface area contributed by atoms with Crippen LogP contribution in [0.3, 0.4) is 0 Å². The van der Waals surface area contributed by atoms with Crippen LogP contribution in [-0.4, -0.2) is 12.2 Å². The lowest BCUT2D eigenvalue weighted by Gasteiger charge is -2.44. The Labute approximate surface area is 115 Å². The van der Waals surface area contributed by atoms with Crippen molar-refractivity contribution in [3.8, 4) is 11.5 Å². The van der Waals surface area contributed by atoms with Gasteiger partial charge < -0.3 is 15.2 Å². The quantitative estimate of drug-likeness (QED) is 0.885. The second-order valence-electron chi connectivity index (χ2n) is 5.76. The van der Waals surface area contributed by atoms with E-state index in [1.54, 1.807) is 0 Å². The summed E-state index contributed by atoms with van der Waals surface area (Å²) in [5, 5.41) is 0. The number of hydrogen-bond acceptors (Lipinski definition) is 3. The maximum absolute atomic E-state index is 6.42. The number of hydrogen-bond donors (Lipinski definition) is 1. The van der Waals surface area contributed by atoms with Gasteiger partial charge >= 0.3 is 0 Å². The molecule has 1 atom stereocenters. The van der Waals surface area contributed by atoms with E-state index < -0.39 is 0 Å². The maximum Gasteiger partial charge on any atom is 0.128 e. The Hall–Kier alpha value is -1.22. The van der Waals surface area contributed by atoms with Crippen LogP contribution in [0.15, 0.2) is 18.2 Å². The van der Waals surface area contributed by atoms with Crippen molar-refractivity contribution in [1.29, 1.82) is 0 Å². The fourth-order valence-electron chi connectivity index (χ4n) is 3.54. The molecule has 104 valence electrons. The number of rotatable bonds is 2. The van der Waals surface area contributed by atoms with Crippen molar-refractivity contribution in [2.75, 3.05) is 6.61 Å². The van der Waals surface area contributed by atoms with Crippen LogP contribution in [-0.2, 0) is 0 Å². The molecule has 1 unspecified atom stereocenters. The Morgan fingerprint density at radius 1 is 1.32 bits per heavy atom. The highest BCUT2D eigenvalue weighted by Gasteiger charge is 2.41. The van der Waals surface area contributed by atoms with Gasteiger partial charge in [0, 0.05) is 12.5 Å². The van der Waals surface area contributed by atoms with Crippen molar-refractivity contribution in [3.05, 3.63) is 23.8 Å². The highest BCUT2D eigenvalue weighted by atomic mass is 16.5. The second-order valence-corrected chi connectivity index (χ2v) is 5.76. The molecule has 3 rings (SSSR count). The van der Waals surface area contributed by atoms with E-state index in [4.69, 9.17) is 15.2 Å². The van der Waals surface area contributed by atoms with Crippen LogP contribution >= 0.6 is 0 Å². The molecule has 2 aliphatic rings. The first kappa shape index (κ1) is 12.8. The van der Waals surface area contributed by atoms with E-state index in [0.29, 0.717) is 6.61 Å².